The Morgan fingerprint density at radius 2 is 1.63 bits per heavy atom. The highest BCUT2D eigenvalue weighted by molar-refractivity contribution is 7.92. The molecule has 0 radical (unpaired) electrons. The van der Waals surface area contributed by atoms with Crippen LogP contribution < -0.4 is 9.04 Å². The summed E-state index contributed by atoms with van der Waals surface area (Å²) < 4.78 is 78.9. The summed E-state index contributed by atoms with van der Waals surface area (Å²) in [5, 5.41) is 0. The zero-order chi connectivity index (χ0) is 26.0. The maximum Gasteiger partial charge on any atom is 0.416 e. The number of methoxy groups -OCH3 is 1. The number of benzene rings is 2. The fraction of sp³-hybridized carbons (Fsp3) is 0.458. The number of alkyl halides is 3. The van der Waals surface area contributed by atoms with E-state index >= 15 is 0 Å². The molecule has 1 amide bonds. The monoisotopic (exact) mass is 514 g/mol. The van der Waals surface area contributed by atoms with Gasteiger partial charge in [0.2, 0.25) is 0 Å². The van der Waals surface area contributed by atoms with Crippen LogP contribution in [0.3, 0.4) is 0 Å². The van der Waals surface area contributed by atoms with Crippen molar-refractivity contribution in [2.45, 2.75) is 56.3 Å². The van der Waals surface area contributed by atoms with Gasteiger partial charge < -0.3 is 14.4 Å². The van der Waals surface area contributed by atoms with Gasteiger partial charge in [-0.05, 0) is 76.1 Å². The van der Waals surface area contributed by atoms with E-state index in [0.717, 1.165) is 22.5 Å². The van der Waals surface area contributed by atoms with Gasteiger partial charge in [0.25, 0.3) is 10.0 Å². The van der Waals surface area contributed by atoms with Gasteiger partial charge in [0.1, 0.15) is 11.4 Å². The second-order valence-electron chi connectivity index (χ2n) is 9.22. The molecule has 3 rings (SSSR count). The lowest BCUT2D eigenvalue weighted by Crippen LogP contribution is -2.49. The number of amides is 1. The van der Waals surface area contributed by atoms with Gasteiger partial charge >= 0.3 is 12.3 Å². The van der Waals surface area contributed by atoms with E-state index in [1.54, 1.807) is 45.0 Å². The number of carbonyl (C=O) groups is 1. The van der Waals surface area contributed by atoms with Crippen LogP contribution in [-0.4, -0.2) is 51.3 Å². The predicted molar refractivity (Wildman–Crippen MR) is 125 cm³/mol. The Morgan fingerprint density at radius 1 is 1.03 bits per heavy atom. The van der Waals surface area contributed by atoms with Gasteiger partial charge in [-0.1, -0.05) is 6.07 Å². The Hall–Kier alpha value is -2.95. The summed E-state index contributed by atoms with van der Waals surface area (Å²) in [6, 6.07) is 9.37. The van der Waals surface area contributed by atoms with E-state index in [1.807, 2.05) is 0 Å². The molecule has 192 valence electrons. The molecule has 1 aliphatic rings. The van der Waals surface area contributed by atoms with Crippen LogP contribution in [0.15, 0.2) is 53.4 Å². The van der Waals surface area contributed by atoms with Crippen molar-refractivity contribution in [3.05, 3.63) is 54.1 Å². The molecular weight excluding hydrogens is 485 g/mol. The fourth-order valence-electron chi connectivity index (χ4n) is 3.83. The van der Waals surface area contributed by atoms with Crippen molar-refractivity contribution in [2.24, 2.45) is 0 Å². The molecule has 2 aromatic carbocycles. The first-order valence-corrected chi connectivity index (χ1v) is 12.5. The fourth-order valence-corrected chi connectivity index (χ4v) is 5.59. The first kappa shape index (κ1) is 26.7. The van der Waals surface area contributed by atoms with Crippen LogP contribution in [0.4, 0.5) is 23.7 Å². The minimum Gasteiger partial charge on any atom is -0.497 e. The van der Waals surface area contributed by atoms with Crippen molar-refractivity contribution in [2.75, 3.05) is 24.5 Å². The third kappa shape index (κ3) is 6.39. The summed E-state index contributed by atoms with van der Waals surface area (Å²) in [5.41, 5.74) is -1.43. The second-order valence-corrected chi connectivity index (χ2v) is 11.0. The Morgan fingerprint density at radius 3 is 2.14 bits per heavy atom. The Labute approximate surface area is 203 Å². The van der Waals surface area contributed by atoms with Crippen LogP contribution in [0.2, 0.25) is 0 Å². The van der Waals surface area contributed by atoms with Crippen LogP contribution >= 0.6 is 0 Å². The number of sulfonamides is 1. The Balaban J connectivity index is 1.95. The largest absolute Gasteiger partial charge is 0.497 e. The number of hydrogen-bond acceptors (Lipinski definition) is 5. The molecule has 0 saturated carbocycles. The number of hydrogen-bond donors (Lipinski definition) is 0. The number of piperidine rings is 1. The van der Waals surface area contributed by atoms with Crippen molar-refractivity contribution in [3.8, 4) is 5.75 Å². The summed E-state index contributed by atoms with van der Waals surface area (Å²) in [7, 11) is -2.89. The highest BCUT2D eigenvalue weighted by atomic mass is 32.2. The predicted octanol–water partition coefficient (Wildman–Crippen LogP) is 5.31. The minimum atomic E-state index is -4.69. The van der Waals surface area contributed by atoms with Crippen LogP contribution in [-0.2, 0) is 20.9 Å². The van der Waals surface area contributed by atoms with Gasteiger partial charge in [-0.2, -0.15) is 13.2 Å². The third-order valence-corrected chi connectivity index (χ3v) is 7.37. The molecule has 0 aliphatic carbocycles. The smallest absolute Gasteiger partial charge is 0.416 e. The normalized spacial score (nSPS) is 15.6. The zero-order valence-corrected chi connectivity index (χ0v) is 20.8. The van der Waals surface area contributed by atoms with Crippen molar-refractivity contribution >= 4 is 21.8 Å². The quantitative estimate of drug-likeness (QED) is 0.541. The molecule has 7 nitrogen and oxygen atoms in total. The SMILES string of the molecule is COc1ccc(N(C2CCN(C(=O)OC(C)(C)C)CC2)S(=O)(=O)c2cccc(C(F)(F)F)c2)cc1. The molecule has 11 heteroatoms. The van der Waals surface area contributed by atoms with E-state index < -0.39 is 44.4 Å². The molecule has 0 aromatic heterocycles. The van der Waals surface area contributed by atoms with Crippen molar-refractivity contribution in [1.82, 2.24) is 4.90 Å². The zero-order valence-electron chi connectivity index (χ0n) is 20.0. The van der Waals surface area contributed by atoms with E-state index in [2.05, 4.69) is 0 Å². The summed E-state index contributed by atoms with van der Waals surface area (Å²) in [6.07, 6.45) is -4.62. The molecular formula is C24H29F3N2O5S. The molecule has 0 spiro atoms. The summed E-state index contributed by atoms with van der Waals surface area (Å²) in [4.78, 5) is 13.5. The van der Waals surface area contributed by atoms with Crippen LogP contribution in [0, 0.1) is 0 Å². The molecule has 1 aliphatic heterocycles. The first-order chi connectivity index (χ1) is 16.2. The lowest BCUT2D eigenvalue weighted by Gasteiger charge is -2.39. The maximum atomic E-state index is 13.7. The van der Waals surface area contributed by atoms with Crippen LogP contribution in [0.25, 0.3) is 0 Å². The van der Waals surface area contributed by atoms with Crippen LogP contribution in [0.5, 0.6) is 5.75 Å². The average molecular weight is 515 g/mol. The van der Waals surface area contributed by atoms with E-state index in [0.29, 0.717) is 17.5 Å². The molecule has 1 saturated heterocycles. The van der Waals surface area contributed by atoms with E-state index in [4.69, 9.17) is 9.47 Å². The molecule has 1 fully saturated rings. The van der Waals surface area contributed by atoms with Crippen LogP contribution in [0.1, 0.15) is 39.2 Å². The number of carbonyl (C=O) groups excluding carboxylic acids is 1. The van der Waals surface area contributed by atoms with E-state index in [9.17, 15) is 26.4 Å². The highest BCUT2D eigenvalue weighted by Gasteiger charge is 2.38. The van der Waals surface area contributed by atoms with Gasteiger partial charge in [0.05, 0.1) is 23.3 Å². The number of ether oxygens (including phenoxy) is 2. The molecule has 0 N–H and O–H groups in total. The van der Waals surface area contributed by atoms with Crippen molar-refractivity contribution in [1.29, 1.82) is 0 Å². The average Bonchev–Trinajstić information content (AvgIpc) is 2.78. The number of halogens is 3. The van der Waals surface area contributed by atoms with Gasteiger partial charge in [0, 0.05) is 19.1 Å². The lowest BCUT2D eigenvalue weighted by atomic mass is 10.0. The van der Waals surface area contributed by atoms with E-state index in [-0.39, 0.29) is 25.9 Å². The number of nitrogens with zero attached hydrogens (tertiary/aromatic N) is 2. The second kappa shape index (κ2) is 9.96. The Kier molecular flexibility index (Phi) is 7.59. The minimum absolute atomic E-state index is 0.240. The molecule has 0 unspecified atom stereocenters. The van der Waals surface area contributed by atoms with E-state index in [1.165, 1.54) is 12.0 Å². The topological polar surface area (TPSA) is 76.2 Å². The van der Waals surface area contributed by atoms with Gasteiger partial charge in [0.15, 0.2) is 0 Å². The number of likely N-dealkylation sites (tertiary alicyclic amines) is 1. The molecule has 2 aromatic rings. The van der Waals surface area contributed by atoms with Crippen molar-refractivity contribution < 1.29 is 35.9 Å². The lowest BCUT2D eigenvalue weighted by molar-refractivity contribution is -0.137. The Bertz CT molecular complexity index is 1140. The molecule has 35 heavy (non-hydrogen) atoms. The van der Waals surface area contributed by atoms with Gasteiger partial charge in [-0.15, -0.1) is 0 Å². The van der Waals surface area contributed by atoms with Gasteiger partial charge in [-0.25, -0.2) is 13.2 Å². The van der Waals surface area contributed by atoms with Gasteiger partial charge in [-0.3, -0.25) is 4.31 Å². The molecule has 0 bridgehead atoms. The summed E-state index contributed by atoms with van der Waals surface area (Å²) in [5.74, 6) is 0.505. The summed E-state index contributed by atoms with van der Waals surface area (Å²) >= 11 is 0. The standard InChI is InChI=1S/C24H29F3N2O5S/c1-23(2,3)34-22(30)28-14-12-19(13-15-28)29(18-8-10-20(33-4)11-9-18)35(31,32)21-7-5-6-17(16-21)24(25,26)27/h5-11,16,19H,12-15H2,1-4H3. The molecule has 1 heterocycles. The first-order valence-electron chi connectivity index (χ1n) is 11.1. The summed E-state index contributed by atoms with van der Waals surface area (Å²) in [6.45, 7) is 5.74. The number of anilines is 1. The maximum absolute atomic E-state index is 13.7. The number of rotatable bonds is 5. The highest BCUT2D eigenvalue weighted by Crippen LogP contribution is 2.35. The van der Waals surface area contributed by atoms with Crippen molar-refractivity contribution in [3.63, 3.8) is 0 Å². The third-order valence-electron chi connectivity index (χ3n) is 5.49. The molecule has 0 atom stereocenters.